The lowest BCUT2D eigenvalue weighted by Gasteiger charge is -2.21. The van der Waals surface area contributed by atoms with Gasteiger partial charge in [0.2, 0.25) is 5.82 Å². The molecule has 0 spiro atoms. The van der Waals surface area contributed by atoms with E-state index in [0.717, 1.165) is 0 Å². The smallest absolute Gasteiger partial charge is 0.311 e. The summed E-state index contributed by atoms with van der Waals surface area (Å²) >= 11 is 0. The lowest BCUT2D eigenvalue weighted by Crippen LogP contribution is -2.26. The number of nitrogens with two attached hydrogens (primary N) is 1. The van der Waals surface area contributed by atoms with Crippen LogP contribution >= 0.6 is 0 Å². The van der Waals surface area contributed by atoms with Crippen molar-refractivity contribution in [2.45, 2.75) is 26.3 Å². The summed E-state index contributed by atoms with van der Waals surface area (Å²) < 4.78 is 0. The van der Waals surface area contributed by atoms with E-state index >= 15 is 0 Å². The van der Waals surface area contributed by atoms with Crippen LogP contribution in [0.3, 0.4) is 0 Å². The van der Waals surface area contributed by atoms with Gasteiger partial charge in [0.05, 0.1) is 4.92 Å². The van der Waals surface area contributed by atoms with Crippen molar-refractivity contribution < 1.29 is 4.92 Å². The van der Waals surface area contributed by atoms with Gasteiger partial charge in [-0.15, -0.1) is 0 Å². The van der Waals surface area contributed by atoms with Gasteiger partial charge in [-0.25, -0.2) is 4.98 Å². The number of nitrogens with one attached hydrogen (secondary N) is 2. The number of aromatic nitrogens is 1. The van der Waals surface area contributed by atoms with Gasteiger partial charge in [-0.1, -0.05) is 6.07 Å². The average molecular weight is 301 g/mol. The molecule has 116 valence electrons. The van der Waals surface area contributed by atoms with Crippen LogP contribution < -0.4 is 16.4 Å². The number of hydrogen-bond donors (Lipinski definition) is 3. The summed E-state index contributed by atoms with van der Waals surface area (Å²) in [7, 11) is 0. The van der Waals surface area contributed by atoms with Crippen molar-refractivity contribution in [2.75, 3.05) is 16.4 Å². The fourth-order valence-electron chi connectivity index (χ4n) is 1.90. The molecule has 1 aromatic carbocycles. The van der Waals surface area contributed by atoms with Crippen LogP contribution in [0.4, 0.5) is 28.7 Å². The van der Waals surface area contributed by atoms with Crippen LogP contribution in [0, 0.1) is 10.1 Å². The molecule has 0 amide bonds. The molecule has 1 aromatic heterocycles. The van der Waals surface area contributed by atoms with E-state index in [-0.39, 0.29) is 17.0 Å². The van der Waals surface area contributed by atoms with E-state index in [9.17, 15) is 10.1 Å². The lowest BCUT2D eigenvalue weighted by molar-refractivity contribution is -0.384. The molecule has 2 rings (SSSR count). The SMILES string of the molecule is CC(C)(C)Nc1ccc([N+](=O)[O-])c(Nc2cccc(N)c2)n1. The number of nitro groups is 1. The standard InChI is InChI=1S/C15H19N5O2/c1-15(2,3)19-13-8-7-12(20(21)22)14(18-13)17-11-6-4-5-10(16)9-11/h4-9H,16H2,1-3H3,(H2,17,18,19). The molecule has 2 aromatic rings. The van der Waals surface area contributed by atoms with E-state index < -0.39 is 4.92 Å². The summed E-state index contributed by atoms with van der Waals surface area (Å²) in [6.07, 6.45) is 0. The van der Waals surface area contributed by atoms with Crippen molar-refractivity contribution in [2.24, 2.45) is 0 Å². The fourth-order valence-corrected chi connectivity index (χ4v) is 1.90. The molecule has 0 fully saturated rings. The van der Waals surface area contributed by atoms with Gasteiger partial charge in [-0.3, -0.25) is 10.1 Å². The minimum atomic E-state index is -0.470. The first-order valence-corrected chi connectivity index (χ1v) is 6.81. The van der Waals surface area contributed by atoms with Crippen LogP contribution in [0.5, 0.6) is 0 Å². The molecule has 0 saturated carbocycles. The average Bonchev–Trinajstić information content (AvgIpc) is 2.36. The Morgan fingerprint density at radius 2 is 1.95 bits per heavy atom. The van der Waals surface area contributed by atoms with Gasteiger partial charge in [-0.2, -0.15) is 0 Å². The van der Waals surface area contributed by atoms with Gasteiger partial charge in [0.1, 0.15) is 5.82 Å². The lowest BCUT2D eigenvalue weighted by atomic mass is 10.1. The second kappa shape index (κ2) is 5.88. The monoisotopic (exact) mass is 301 g/mol. The van der Waals surface area contributed by atoms with Crippen LogP contribution in [0.2, 0.25) is 0 Å². The maximum Gasteiger partial charge on any atom is 0.311 e. The first kappa shape index (κ1) is 15.6. The molecule has 0 aliphatic carbocycles. The molecule has 4 N–H and O–H groups in total. The molecular formula is C15H19N5O2. The molecule has 22 heavy (non-hydrogen) atoms. The van der Waals surface area contributed by atoms with E-state index in [0.29, 0.717) is 17.2 Å². The number of rotatable bonds is 4. The zero-order valence-corrected chi connectivity index (χ0v) is 12.8. The Morgan fingerprint density at radius 1 is 1.23 bits per heavy atom. The summed E-state index contributed by atoms with van der Waals surface area (Å²) in [4.78, 5) is 15.0. The van der Waals surface area contributed by atoms with Crippen molar-refractivity contribution in [3.63, 3.8) is 0 Å². The van der Waals surface area contributed by atoms with E-state index in [1.54, 1.807) is 30.3 Å². The zero-order chi connectivity index (χ0) is 16.3. The number of anilines is 4. The second-order valence-corrected chi connectivity index (χ2v) is 5.95. The van der Waals surface area contributed by atoms with Gasteiger partial charge in [-0.05, 0) is 45.0 Å². The maximum atomic E-state index is 11.2. The highest BCUT2D eigenvalue weighted by Crippen LogP contribution is 2.28. The summed E-state index contributed by atoms with van der Waals surface area (Å²) in [6.45, 7) is 5.96. The molecule has 7 nitrogen and oxygen atoms in total. The molecule has 0 aliphatic heterocycles. The van der Waals surface area contributed by atoms with Gasteiger partial charge < -0.3 is 16.4 Å². The molecule has 0 bridgehead atoms. The van der Waals surface area contributed by atoms with Gasteiger partial charge in [0.25, 0.3) is 0 Å². The molecular weight excluding hydrogens is 282 g/mol. The fraction of sp³-hybridized carbons (Fsp3) is 0.267. The van der Waals surface area contributed by atoms with Gasteiger partial charge in [0.15, 0.2) is 0 Å². The Kier molecular flexibility index (Phi) is 4.16. The van der Waals surface area contributed by atoms with Crippen LogP contribution in [0.25, 0.3) is 0 Å². The van der Waals surface area contributed by atoms with Crippen LogP contribution in [-0.4, -0.2) is 15.4 Å². The molecule has 0 atom stereocenters. The van der Waals surface area contributed by atoms with E-state index in [4.69, 9.17) is 5.73 Å². The number of nitrogens with zero attached hydrogens (tertiary/aromatic N) is 2. The van der Waals surface area contributed by atoms with Crippen molar-refractivity contribution in [3.8, 4) is 0 Å². The largest absolute Gasteiger partial charge is 0.399 e. The Bertz CT molecular complexity index is 695. The predicted octanol–water partition coefficient (Wildman–Crippen LogP) is 3.53. The summed E-state index contributed by atoms with van der Waals surface area (Å²) in [5, 5.41) is 17.3. The zero-order valence-electron chi connectivity index (χ0n) is 12.8. The second-order valence-electron chi connectivity index (χ2n) is 5.95. The summed E-state index contributed by atoms with van der Waals surface area (Å²) in [5.74, 6) is 0.731. The van der Waals surface area contributed by atoms with Crippen LogP contribution in [-0.2, 0) is 0 Å². The molecule has 7 heteroatoms. The predicted molar refractivity (Wildman–Crippen MR) is 88.4 cm³/mol. The normalized spacial score (nSPS) is 11.0. The maximum absolute atomic E-state index is 11.2. The highest BCUT2D eigenvalue weighted by Gasteiger charge is 2.18. The molecule has 0 aliphatic rings. The van der Waals surface area contributed by atoms with Crippen molar-refractivity contribution in [3.05, 3.63) is 46.5 Å². The van der Waals surface area contributed by atoms with Crippen molar-refractivity contribution in [1.29, 1.82) is 0 Å². The van der Waals surface area contributed by atoms with Crippen molar-refractivity contribution >= 4 is 28.7 Å². The van der Waals surface area contributed by atoms with Crippen molar-refractivity contribution in [1.82, 2.24) is 4.98 Å². The Labute approximate surface area is 128 Å². The molecule has 1 heterocycles. The third kappa shape index (κ3) is 4.08. The highest BCUT2D eigenvalue weighted by molar-refractivity contribution is 5.69. The third-order valence-electron chi connectivity index (χ3n) is 2.72. The van der Waals surface area contributed by atoms with E-state index in [1.807, 2.05) is 20.8 Å². The number of pyridine rings is 1. The Morgan fingerprint density at radius 3 is 2.55 bits per heavy atom. The highest BCUT2D eigenvalue weighted by atomic mass is 16.6. The van der Waals surface area contributed by atoms with Gasteiger partial charge >= 0.3 is 5.69 Å². The Balaban J connectivity index is 2.37. The molecule has 0 unspecified atom stereocenters. The van der Waals surface area contributed by atoms with Crippen LogP contribution in [0.1, 0.15) is 20.8 Å². The van der Waals surface area contributed by atoms with E-state index in [1.165, 1.54) is 6.07 Å². The minimum absolute atomic E-state index is 0.0955. The Hall–Kier alpha value is -2.83. The molecule has 0 radical (unpaired) electrons. The first-order chi connectivity index (χ1) is 10.2. The van der Waals surface area contributed by atoms with E-state index in [2.05, 4.69) is 15.6 Å². The third-order valence-corrected chi connectivity index (χ3v) is 2.72. The summed E-state index contributed by atoms with van der Waals surface area (Å²) in [5.41, 5.74) is 6.63. The van der Waals surface area contributed by atoms with Crippen LogP contribution in [0.15, 0.2) is 36.4 Å². The van der Waals surface area contributed by atoms with Gasteiger partial charge in [0, 0.05) is 23.0 Å². The number of hydrogen-bond acceptors (Lipinski definition) is 6. The minimum Gasteiger partial charge on any atom is -0.399 e. The number of benzene rings is 1. The molecule has 0 saturated heterocycles. The quantitative estimate of drug-likeness (QED) is 0.453. The number of nitrogen functional groups attached to an aromatic ring is 1. The summed E-state index contributed by atoms with van der Waals surface area (Å²) in [6, 6.07) is 9.98. The first-order valence-electron chi connectivity index (χ1n) is 6.81. The topological polar surface area (TPSA) is 106 Å².